The van der Waals surface area contributed by atoms with Gasteiger partial charge in [0.1, 0.15) is 5.69 Å². The molecule has 7 heteroatoms. The van der Waals surface area contributed by atoms with Gasteiger partial charge in [-0.05, 0) is 42.3 Å². The zero-order valence-corrected chi connectivity index (χ0v) is 14.3. The lowest BCUT2D eigenvalue weighted by atomic mass is 10.2. The summed E-state index contributed by atoms with van der Waals surface area (Å²) in [5.74, 6) is -0.306. The zero-order chi connectivity index (χ0) is 17.8. The molecular weight excluding hydrogens is 340 g/mol. The predicted octanol–water partition coefficient (Wildman–Crippen LogP) is 3.62. The first-order valence-electron chi connectivity index (χ1n) is 7.64. The second kappa shape index (κ2) is 7.38. The lowest BCUT2D eigenvalue weighted by Gasteiger charge is -2.18. The molecule has 0 aliphatic heterocycles. The predicted molar refractivity (Wildman–Crippen MR) is 96.5 cm³/mol. The van der Waals surface area contributed by atoms with Gasteiger partial charge < -0.3 is 5.32 Å². The lowest BCUT2D eigenvalue weighted by Crippen LogP contribution is -2.28. The summed E-state index contributed by atoms with van der Waals surface area (Å²) in [4.78, 5) is 16.2. The van der Waals surface area contributed by atoms with Gasteiger partial charge in [-0.1, -0.05) is 29.8 Å². The number of pyridine rings is 1. The SMILES string of the molecule is Cc1ccc(C(=O)Nc2ccn(N(O)Cc3ccc(Cl)cc3)c2)nc1. The molecule has 2 aromatic heterocycles. The van der Waals surface area contributed by atoms with E-state index in [0.717, 1.165) is 16.3 Å². The van der Waals surface area contributed by atoms with Gasteiger partial charge in [0, 0.05) is 17.4 Å². The van der Waals surface area contributed by atoms with Gasteiger partial charge in [0.25, 0.3) is 5.91 Å². The highest BCUT2D eigenvalue weighted by Crippen LogP contribution is 2.13. The van der Waals surface area contributed by atoms with Crippen LogP contribution in [0.2, 0.25) is 5.02 Å². The summed E-state index contributed by atoms with van der Waals surface area (Å²) in [6, 6.07) is 12.4. The minimum absolute atomic E-state index is 0.277. The Morgan fingerprint density at radius 2 is 2.00 bits per heavy atom. The Morgan fingerprint density at radius 1 is 1.24 bits per heavy atom. The number of benzene rings is 1. The largest absolute Gasteiger partial charge is 0.319 e. The number of carbonyl (C=O) groups is 1. The second-order valence-corrected chi connectivity index (χ2v) is 6.05. The van der Waals surface area contributed by atoms with Crippen molar-refractivity contribution in [3.8, 4) is 0 Å². The van der Waals surface area contributed by atoms with Gasteiger partial charge in [0.05, 0.1) is 18.4 Å². The Morgan fingerprint density at radius 3 is 2.68 bits per heavy atom. The number of aromatic nitrogens is 2. The fourth-order valence-electron chi connectivity index (χ4n) is 2.23. The van der Waals surface area contributed by atoms with Gasteiger partial charge in [-0.15, -0.1) is 0 Å². The normalized spacial score (nSPS) is 10.5. The van der Waals surface area contributed by atoms with Crippen molar-refractivity contribution in [2.75, 3.05) is 10.5 Å². The fourth-order valence-corrected chi connectivity index (χ4v) is 2.36. The molecule has 0 aliphatic carbocycles. The highest BCUT2D eigenvalue weighted by atomic mass is 35.5. The van der Waals surface area contributed by atoms with Gasteiger partial charge >= 0.3 is 0 Å². The molecule has 6 nitrogen and oxygen atoms in total. The molecule has 1 aromatic carbocycles. The van der Waals surface area contributed by atoms with E-state index < -0.39 is 0 Å². The summed E-state index contributed by atoms with van der Waals surface area (Å²) in [5, 5.41) is 14.6. The number of hydroxylamine groups is 1. The molecule has 25 heavy (non-hydrogen) atoms. The van der Waals surface area contributed by atoms with E-state index in [0.29, 0.717) is 16.4 Å². The maximum Gasteiger partial charge on any atom is 0.274 e. The van der Waals surface area contributed by atoms with E-state index in [4.69, 9.17) is 11.6 Å². The van der Waals surface area contributed by atoms with E-state index >= 15 is 0 Å². The van der Waals surface area contributed by atoms with E-state index in [9.17, 15) is 10.0 Å². The van der Waals surface area contributed by atoms with Crippen molar-refractivity contribution in [2.24, 2.45) is 0 Å². The van der Waals surface area contributed by atoms with Crippen LogP contribution in [0.1, 0.15) is 21.6 Å². The van der Waals surface area contributed by atoms with Crippen LogP contribution in [0, 0.1) is 6.92 Å². The molecule has 0 fully saturated rings. The molecule has 2 heterocycles. The third-order valence-electron chi connectivity index (χ3n) is 3.58. The van der Waals surface area contributed by atoms with Crippen molar-refractivity contribution in [3.63, 3.8) is 0 Å². The maximum atomic E-state index is 12.2. The van der Waals surface area contributed by atoms with Gasteiger partial charge in [-0.3, -0.25) is 15.0 Å². The molecular formula is C18H17ClN4O2. The van der Waals surface area contributed by atoms with Crippen molar-refractivity contribution in [3.05, 3.63) is 82.9 Å². The summed E-state index contributed by atoms with van der Waals surface area (Å²) in [6.45, 7) is 2.18. The topological polar surface area (TPSA) is 70.4 Å². The Balaban J connectivity index is 1.64. The molecule has 2 N–H and O–H groups in total. The van der Waals surface area contributed by atoms with Crippen molar-refractivity contribution in [2.45, 2.75) is 13.5 Å². The molecule has 0 atom stereocenters. The lowest BCUT2D eigenvalue weighted by molar-refractivity contribution is 0.102. The second-order valence-electron chi connectivity index (χ2n) is 5.61. The molecule has 0 unspecified atom stereocenters. The van der Waals surface area contributed by atoms with Crippen LogP contribution >= 0.6 is 11.6 Å². The summed E-state index contributed by atoms with van der Waals surface area (Å²) in [7, 11) is 0. The van der Waals surface area contributed by atoms with Crippen molar-refractivity contribution >= 4 is 23.2 Å². The third-order valence-corrected chi connectivity index (χ3v) is 3.84. The highest BCUT2D eigenvalue weighted by molar-refractivity contribution is 6.30. The quantitative estimate of drug-likeness (QED) is 0.685. The zero-order valence-electron chi connectivity index (χ0n) is 13.6. The molecule has 0 aliphatic rings. The summed E-state index contributed by atoms with van der Waals surface area (Å²) >= 11 is 5.85. The monoisotopic (exact) mass is 356 g/mol. The van der Waals surface area contributed by atoms with Crippen LogP contribution < -0.4 is 10.5 Å². The molecule has 0 radical (unpaired) electrons. The Hall–Kier alpha value is -2.83. The number of amides is 1. The molecule has 0 saturated heterocycles. The van der Waals surface area contributed by atoms with E-state index in [1.165, 1.54) is 4.68 Å². The van der Waals surface area contributed by atoms with Crippen LogP contribution in [0.5, 0.6) is 0 Å². The minimum atomic E-state index is -0.306. The first kappa shape index (κ1) is 17.0. The van der Waals surface area contributed by atoms with Gasteiger partial charge in [0.2, 0.25) is 0 Å². The Bertz CT molecular complexity index is 860. The third kappa shape index (κ3) is 4.37. The maximum absolute atomic E-state index is 12.2. The Kier molecular flexibility index (Phi) is 5.02. The smallest absolute Gasteiger partial charge is 0.274 e. The number of hydrogen-bond donors (Lipinski definition) is 2. The van der Waals surface area contributed by atoms with Crippen molar-refractivity contribution in [1.29, 1.82) is 0 Å². The first-order valence-corrected chi connectivity index (χ1v) is 8.02. The van der Waals surface area contributed by atoms with E-state index in [2.05, 4.69) is 10.3 Å². The summed E-state index contributed by atoms with van der Waals surface area (Å²) < 4.78 is 1.48. The van der Waals surface area contributed by atoms with Crippen LogP contribution in [0.4, 0.5) is 5.69 Å². The number of carbonyl (C=O) groups excluding carboxylic acids is 1. The Labute approximate surface area is 150 Å². The van der Waals surface area contributed by atoms with Crippen LogP contribution in [0.15, 0.2) is 61.1 Å². The van der Waals surface area contributed by atoms with Crippen molar-refractivity contribution < 1.29 is 10.0 Å². The molecule has 0 saturated carbocycles. The van der Waals surface area contributed by atoms with Crippen LogP contribution in [-0.2, 0) is 6.54 Å². The molecule has 128 valence electrons. The molecule has 0 bridgehead atoms. The van der Waals surface area contributed by atoms with E-state index in [1.807, 2.05) is 25.1 Å². The van der Waals surface area contributed by atoms with Gasteiger partial charge in [-0.2, -0.15) is 5.17 Å². The van der Waals surface area contributed by atoms with Crippen molar-refractivity contribution in [1.82, 2.24) is 9.66 Å². The molecule has 3 aromatic rings. The van der Waals surface area contributed by atoms with Crippen LogP contribution in [0.25, 0.3) is 0 Å². The first-order chi connectivity index (χ1) is 12.0. The molecule has 0 spiro atoms. The average Bonchev–Trinajstić information content (AvgIpc) is 3.06. The summed E-state index contributed by atoms with van der Waals surface area (Å²) in [6.07, 6.45) is 4.90. The number of nitrogens with zero attached hydrogens (tertiary/aromatic N) is 3. The number of aryl methyl sites for hydroxylation is 1. The summed E-state index contributed by atoms with van der Waals surface area (Å²) in [5.41, 5.74) is 2.78. The van der Waals surface area contributed by atoms with Gasteiger partial charge in [-0.25, -0.2) is 4.68 Å². The van der Waals surface area contributed by atoms with E-state index in [-0.39, 0.29) is 12.5 Å². The minimum Gasteiger partial charge on any atom is -0.319 e. The number of anilines is 1. The van der Waals surface area contributed by atoms with E-state index in [1.54, 1.807) is 42.9 Å². The molecule has 1 amide bonds. The van der Waals surface area contributed by atoms with Crippen LogP contribution in [0.3, 0.4) is 0 Å². The number of halogens is 1. The van der Waals surface area contributed by atoms with Gasteiger partial charge in [0.15, 0.2) is 0 Å². The average molecular weight is 357 g/mol. The standard InChI is InChI=1S/C18H17ClN4O2/c1-13-2-7-17(20-10-13)18(24)21-16-8-9-22(12-16)23(25)11-14-3-5-15(19)6-4-14/h2-10,12,25H,11H2,1H3,(H,21,24). The number of hydrogen-bond acceptors (Lipinski definition) is 4. The highest BCUT2D eigenvalue weighted by Gasteiger charge is 2.10. The van der Waals surface area contributed by atoms with Crippen LogP contribution in [-0.4, -0.2) is 20.8 Å². The number of rotatable bonds is 5. The number of nitrogens with one attached hydrogen (secondary N) is 1. The fraction of sp³-hybridized carbons (Fsp3) is 0.111. The molecule has 3 rings (SSSR count).